The van der Waals surface area contributed by atoms with E-state index < -0.39 is 23.8 Å². The first kappa shape index (κ1) is 30.9. The van der Waals surface area contributed by atoms with E-state index in [1.165, 1.54) is 0 Å². The molecule has 2 aromatic carbocycles. The molecule has 0 bridgehead atoms. The van der Waals surface area contributed by atoms with Gasteiger partial charge in [0.05, 0.1) is 31.4 Å². The number of H-pyrrole nitrogens is 1. The van der Waals surface area contributed by atoms with Crippen LogP contribution >= 0.6 is 22.9 Å². The number of aromatic amines is 1. The highest BCUT2D eigenvalue weighted by Crippen LogP contribution is 2.31. The van der Waals surface area contributed by atoms with Gasteiger partial charge in [-0.2, -0.15) is 10.2 Å². The predicted molar refractivity (Wildman–Crippen MR) is 170 cm³/mol. The summed E-state index contributed by atoms with van der Waals surface area (Å²) in [6.45, 7) is 0.473. The van der Waals surface area contributed by atoms with Gasteiger partial charge in [-0.25, -0.2) is 9.78 Å². The molecule has 11 N–H and O–H groups in total. The third kappa shape index (κ3) is 7.16. The normalized spacial score (nSPS) is 11.7. The van der Waals surface area contributed by atoms with Crippen molar-refractivity contribution < 1.29 is 19.5 Å². The first-order valence-corrected chi connectivity index (χ1v) is 14.6. The zero-order valence-electron chi connectivity index (χ0n) is 23.4. The van der Waals surface area contributed by atoms with E-state index in [-0.39, 0.29) is 42.5 Å². The Morgan fingerprint density at radius 1 is 1.04 bits per heavy atom. The van der Waals surface area contributed by atoms with Crippen molar-refractivity contribution in [2.24, 2.45) is 0 Å². The number of aromatic nitrogens is 6. The van der Waals surface area contributed by atoms with Crippen molar-refractivity contribution in [2.45, 2.75) is 25.4 Å². The smallest absolute Gasteiger partial charge is 0.326 e. The molecular weight excluding hydrogens is 624 g/mol. The summed E-state index contributed by atoms with van der Waals surface area (Å²) in [6.07, 6.45) is 0.359. The number of halogens is 1. The Kier molecular flexibility index (Phi) is 9.20. The summed E-state index contributed by atoms with van der Waals surface area (Å²) in [6, 6.07) is 10.3. The van der Waals surface area contributed by atoms with Crippen LogP contribution in [0.5, 0.6) is 0 Å². The molecule has 45 heavy (non-hydrogen) atoms. The number of carboxylic acid groups (broad SMARTS) is 1. The Morgan fingerprint density at radius 2 is 1.87 bits per heavy atom. The lowest BCUT2D eigenvalue weighted by Gasteiger charge is -2.14. The van der Waals surface area contributed by atoms with Crippen molar-refractivity contribution in [1.29, 1.82) is 0 Å². The maximum absolute atomic E-state index is 12.9. The minimum absolute atomic E-state index is 0.0499. The van der Waals surface area contributed by atoms with Crippen LogP contribution in [0.15, 0.2) is 42.5 Å². The van der Waals surface area contributed by atoms with Crippen LogP contribution in [0.1, 0.15) is 38.4 Å². The second-order valence-corrected chi connectivity index (χ2v) is 11.2. The molecule has 0 fully saturated rings. The molecule has 1 atom stereocenters. The number of carbonyl (C=O) groups is 3. The number of fused-ring (bicyclic) bond motifs is 1. The summed E-state index contributed by atoms with van der Waals surface area (Å²) in [4.78, 5) is 46.0. The van der Waals surface area contributed by atoms with Crippen molar-refractivity contribution in [3.05, 3.63) is 63.5 Å². The molecule has 5 rings (SSSR count). The third-order valence-corrected chi connectivity index (χ3v) is 8.12. The second kappa shape index (κ2) is 13.4. The number of hydrogen-bond acceptors (Lipinski definition) is 13. The van der Waals surface area contributed by atoms with Gasteiger partial charge in [-0.05, 0) is 60.0 Å². The number of anilines is 4. The number of nitrogen functional groups attached to an aromatic ring is 3. The van der Waals surface area contributed by atoms with E-state index >= 15 is 0 Å². The van der Waals surface area contributed by atoms with E-state index in [2.05, 4.69) is 46.5 Å². The van der Waals surface area contributed by atoms with Crippen LogP contribution in [-0.2, 0) is 11.3 Å². The number of tetrazole rings is 1. The van der Waals surface area contributed by atoms with Crippen LogP contribution in [-0.4, -0.2) is 66.1 Å². The average molecular weight is 651 g/mol. The molecule has 18 heteroatoms. The molecule has 0 aliphatic rings. The highest BCUT2D eigenvalue weighted by molar-refractivity contribution is 7.17. The van der Waals surface area contributed by atoms with Gasteiger partial charge in [-0.1, -0.05) is 17.7 Å². The topological polar surface area (TPSA) is 266 Å². The SMILES string of the molecule is Nc1ccc(C(=O)NCCCC(NC(=O)c2ccc(NCc3ccc4nc(N)nc(N)c4c3Cl)s2)C(=O)O)c(-c2nn[nH]n2)c1. The van der Waals surface area contributed by atoms with Crippen LogP contribution in [0.25, 0.3) is 22.3 Å². The van der Waals surface area contributed by atoms with Crippen LogP contribution in [0.4, 0.5) is 22.5 Å². The first-order chi connectivity index (χ1) is 21.6. The number of nitrogens with one attached hydrogen (secondary N) is 4. The standard InChI is InChI=1S/C27H27ClN12O4S/c28-21-12(3-6-16-20(21)22(30)36-27(31)35-16)11-33-19-8-7-18(45-19)25(42)34-17(26(43)44)2-1-9-32-24(41)14-5-4-13(29)10-15(14)23-37-39-40-38-23/h3-8,10,17,33H,1-2,9,11,29H2,(H,32,41)(H,34,42)(H,43,44)(H4,30,31,35,36)(H,37,38,39,40). The fourth-order valence-corrected chi connectivity index (χ4v) is 5.59. The van der Waals surface area contributed by atoms with Crippen molar-refractivity contribution in [2.75, 3.05) is 29.1 Å². The van der Waals surface area contributed by atoms with Gasteiger partial charge in [-0.3, -0.25) is 9.59 Å². The van der Waals surface area contributed by atoms with Crippen LogP contribution in [0, 0.1) is 0 Å². The minimum Gasteiger partial charge on any atom is -0.480 e. The average Bonchev–Trinajstić information content (AvgIpc) is 3.71. The van der Waals surface area contributed by atoms with E-state index in [4.69, 9.17) is 28.8 Å². The van der Waals surface area contributed by atoms with Crippen LogP contribution in [0.3, 0.4) is 0 Å². The summed E-state index contributed by atoms with van der Waals surface area (Å²) in [5.41, 5.74) is 19.8. The summed E-state index contributed by atoms with van der Waals surface area (Å²) in [7, 11) is 0. The number of benzene rings is 2. The Bertz CT molecular complexity index is 1880. The molecule has 232 valence electrons. The number of nitrogens with two attached hydrogens (primary N) is 3. The highest BCUT2D eigenvalue weighted by atomic mass is 35.5. The van der Waals surface area contributed by atoms with Gasteiger partial charge in [0.15, 0.2) is 0 Å². The van der Waals surface area contributed by atoms with E-state index in [0.29, 0.717) is 43.6 Å². The van der Waals surface area contributed by atoms with Crippen molar-refractivity contribution in [3.63, 3.8) is 0 Å². The van der Waals surface area contributed by atoms with Gasteiger partial charge in [-0.15, -0.1) is 21.5 Å². The maximum Gasteiger partial charge on any atom is 0.326 e. The Labute approximate surface area is 263 Å². The molecule has 5 aromatic rings. The molecule has 0 saturated carbocycles. The van der Waals surface area contributed by atoms with Gasteiger partial charge in [0.25, 0.3) is 11.8 Å². The molecule has 3 heterocycles. The molecule has 0 aliphatic carbocycles. The lowest BCUT2D eigenvalue weighted by molar-refractivity contribution is -0.139. The molecule has 0 spiro atoms. The van der Waals surface area contributed by atoms with Crippen molar-refractivity contribution in [1.82, 2.24) is 41.2 Å². The fourth-order valence-electron chi connectivity index (χ4n) is 4.46. The van der Waals surface area contributed by atoms with Gasteiger partial charge < -0.3 is 38.3 Å². The van der Waals surface area contributed by atoms with E-state index in [1.54, 1.807) is 42.5 Å². The van der Waals surface area contributed by atoms with Crippen molar-refractivity contribution in [3.8, 4) is 11.4 Å². The van der Waals surface area contributed by atoms with Gasteiger partial charge in [0.2, 0.25) is 11.8 Å². The van der Waals surface area contributed by atoms with Crippen LogP contribution in [0.2, 0.25) is 5.02 Å². The predicted octanol–water partition coefficient (Wildman–Crippen LogP) is 2.28. The monoisotopic (exact) mass is 650 g/mol. The molecule has 0 saturated heterocycles. The van der Waals surface area contributed by atoms with E-state index in [0.717, 1.165) is 16.9 Å². The zero-order valence-corrected chi connectivity index (χ0v) is 24.9. The number of nitrogens with zero attached hydrogens (tertiary/aromatic N) is 5. The molecule has 0 aliphatic heterocycles. The number of amides is 2. The Morgan fingerprint density at radius 3 is 2.62 bits per heavy atom. The van der Waals surface area contributed by atoms with Gasteiger partial charge >= 0.3 is 5.97 Å². The van der Waals surface area contributed by atoms with Gasteiger partial charge in [0, 0.05) is 24.3 Å². The molecule has 2 amide bonds. The molecule has 0 radical (unpaired) electrons. The molecular formula is C27H27ClN12O4S. The zero-order chi connectivity index (χ0) is 32.1. The quantitative estimate of drug-likeness (QED) is 0.0712. The second-order valence-electron chi connectivity index (χ2n) is 9.72. The Balaban J connectivity index is 1.13. The first-order valence-electron chi connectivity index (χ1n) is 13.4. The number of hydrogen-bond donors (Lipinski definition) is 8. The molecule has 3 aromatic heterocycles. The molecule has 16 nitrogen and oxygen atoms in total. The number of carbonyl (C=O) groups excluding carboxylic acids is 2. The number of carboxylic acids is 1. The lowest BCUT2D eigenvalue weighted by Crippen LogP contribution is -2.41. The Hall–Kier alpha value is -5.55. The minimum atomic E-state index is -1.20. The van der Waals surface area contributed by atoms with Crippen molar-refractivity contribution >= 4 is 74.1 Å². The summed E-state index contributed by atoms with van der Waals surface area (Å²) in [5, 5.41) is 33.4. The largest absolute Gasteiger partial charge is 0.480 e. The fraction of sp³-hybridized carbons (Fsp3) is 0.185. The number of rotatable bonds is 12. The van der Waals surface area contributed by atoms with Crippen LogP contribution < -0.4 is 33.2 Å². The van der Waals surface area contributed by atoms with E-state index in [1.807, 2.05) is 0 Å². The molecule has 1 unspecified atom stereocenters. The maximum atomic E-state index is 12.9. The van der Waals surface area contributed by atoms with E-state index in [9.17, 15) is 19.5 Å². The highest BCUT2D eigenvalue weighted by Gasteiger charge is 2.22. The van der Waals surface area contributed by atoms with Gasteiger partial charge in [0.1, 0.15) is 11.9 Å². The number of aliphatic carboxylic acids is 1. The summed E-state index contributed by atoms with van der Waals surface area (Å²) < 4.78 is 0. The summed E-state index contributed by atoms with van der Waals surface area (Å²) >= 11 is 7.70. The third-order valence-electron chi connectivity index (χ3n) is 6.64. The summed E-state index contributed by atoms with van der Waals surface area (Å²) in [5.74, 6) is -1.73. The number of thiophene rings is 1. The lowest BCUT2D eigenvalue weighted by atomic mass is 10.0.